The quantitative estimate of drug-likeness (QED) is 0.668. The Bertz CT molecular complexity index is 1020. The van der Waals surface area contributed by atoms with Crippen LogP contribution in [0.2, 0.25) is 0 Å². The van der Waals surface area contributed by atoms with Crippen molar-refractivity contribution in [2.75, 3.05) is 37.5 Å². The maximum atomic E-state index is 13.0. The van der Waals surface area contributed by atoms with Crippen molar-refractivity contribution in [3.63, 3.8) is 0 Å². The molecule has 2 aromatic rings. The molecular formula is C21H28N4O5S. The number of carbonyl (C=O) groups excluding carboxylic acids is 1. The van der Waals surface area contributed by atoms with Gasteiger partial charge in [-0.25, -0.2) is 13.4 Å². The van der Waals surface area contributed by atoms with Crippen LogP contribution in [0.15, 0.2) is 41.4 Å². The lowest BCUT2D eigenvalue weighted by atomic mass is 10.1. The van der Waals surface area contributed by atoms with Gasteiger partial charge in [0.15, 0.2) is 11.5 Å². The summed E-state index contributed by atoms with van der Waals surface area (Å²) in [6.07, 6.45) is 2.25. The molecule has 0 aliphatic carbocycles. The monoisotopic (exact) mass is 448 g/mol. The van der Waals surface area contributed by atoms with Crippen LogP contribution in [0.5, 0.6) is 11.5 Å². The third-order valence-corrected chi connectivity index (χ3v) is 6.17. The van der Waals surface area contributed by atoms with Gasteiger partial charge in [-0.3, -0.25) is 4.79 Å². The van der Waals surface area contributed by atoms with E-state index in [1.165, 1.54) is 18.3 Å². The molecule has 168 valence electrons. The lowest BCUT2D eigenvalue weighted by molar-refractivity contribution is -0.118. The molecule has 0 bridgehead atoms. The van der Waals surface area contributed by atoms with Gasteiger partial charge in [-0.15, -0.1) is 0 Å². The third-order valence-electron chi connectivity index (χ3n) is 4.73. The predicted molar refractivity (Wildman–Crippen MR) is 118 cm³/mol. The average Bonchev–Trinajstić information content (AvgIpc) is 2.97. The van der Waals surface area contributed by atoms with Crippen LogP contribution in [0.1, 0.15) is 20.3 Å². The second-order valence-corrected chi connectivity index (χ2v) is 9.50. The van der Waals surface area contributed by atoms with Crippen LogP contribution in [0, 0.1) is 5.92 Å². The van der Waals surface area contributed by atoms with Gasteiger partial charge >= 0.3 is 0 Å². The molecule has 1 unspecified atom stereocenters. The molecule has 31 heavy (non-hydrogen) atoms. The molecular weight excluding hydrogens is 420 g/mol. The Morgan fingerprint density at radius 3 is 2.42 bits per heavy atom. The van der Waals surface area contributed by atoms with Gasteiger partial charge in [0.25, 0.3) is 0 Å². The van der Waals surface area contributed by atoms with Crippen LogP contribution in [0.25, 0.3) is 0 Å². The standard InChI is InChI=1S/C21H28N4O5S/c1-14(2)20(21(26)23-15-6-9-19(22-13-15)25(3)4)24-31(27,28)16-7-8-17-18(12-16)30-11-5-10-29-17/h6-9,12-14,20,24H,5,10-11H2,1-4H3,(H,23,26). The molecule has 9 nitrogen and oxygen atoms in total. The Labute approximate surface area is 182 Å². The van der Waals surface area contributed by atoms with Gasteiger partial charge in [-0.05, 0) is 30.2 Å². The van der Waals surface area contributed by atoms with Crippen molar-refractivity contribution in [3.05, 3.63) is 36.5 Å². The molecule has 2 heterocycles. The van der Waals surface area contributed by atoms with Crippen molar-refractivity contribution in [3.8, 4) is 11.5 Å². The lowest BCUT2D eigenvalue weighted by Crippen LogP contribution is -2.47. The number of nitrogens with zero attached hydrogens (tertiary/aromatic N) is 2. The summed E-state index contributed by atoms with van der Waals surface area (Å²) in [7, 11) is -0.244. The Morgan fingerprint density at radius 1 is 1.10 bits per heavy atom. The van der Waals surface area contributed by atoms with E-state index >= 15 is 0 Å². The zero-order valence-corrected chi connectivity index (χ0v) is 18.9. The van der Waals surface area contributed by atoms with Crippen molar-refractivity contribution in [1.29, 1.82) is 0 Å². The van der Waals surface area contributed by atoms with Crippen molar-refractivity contribution >= 4 is 27.4 Å². The summed E-state index contributed by atoms with van der Waals surface area (Å²) in [6.45, 7) is 4.50. The van der Waals surface area contributed by atoms with Crippen molar-refractivity contribution in [1.82, 2.24) is 9.71 Å². The number of nitrogens with one attached hydrogen (secondary N) is 2. The zero-order valence-electron chi connectivity index (χ0n) is 18.1. The fraction of sp³-hybridized carbons (Fsp3) is 0.429. The number of hydrogen-bond acceptors (Lipinski definition) is 7. The van der Waals surface area contributed by atoms with E-state index in [4.69, 9.17) is 9.47 Å². The summed E-state index contributed by atoms with van der Waals surface area (Å²) >= 11 is 0. The highest BCUT2D eigenvalue weighted by atomic mass is 32.2. The number of aromatic nitrogens is 1. The minimum absolute atomic E-state index is 0.00667. The molecule has 1 aromatic heterocycles. The van der Waals surface area contributed by atoms with Gasteiger partial charge in [0, 0.05) is 26.6 Å². The summed E-state index contributed by atoms with van der Waals surface area (Å²) in [4.78, 5) is 18.9. The molecule has 0 spiro atoms. The molecule has 0 saturated carbocycles. The van der Waals surface area contributed by atoms with Gasteiger partial charge in [0.1, 0.15) is 11.9 Å². The van der Waals surface area contributed by atoms with E-state index in [0.29, 0.717) is 30.4 Å². The molecule has 0 radical (unpaired) electrons. The van der Waals surface area contributed by atoms with Crippen LogP contribution < -0.4 is 24.4 Å². The Balaban J connectivity index is 1.76. The number of rotatable bonds is 7. The Morgan fingerprint density at radius 2 is 1.81 bits per heavy atom. The number of benzene rings is 1. The van der Waals surface area contributed by atoms with Gasteiger partial charge < -0.3 is 19.7 Å². The van der Waals surface area contributed by atoms with E-state index < -0.39 is 22.0 Å². The van der Waals surface area contributed by atoms with E-state index in [1.807, 2.05) is 19.0 Å². The first-order chi connectivity index (χ1) is 14.7. The molecule has 1 aliphatic heterocycles. The molecule has 2 N–H and O–H groups in total. The van der Waals surface area contributed by atoms with E-state index in [2.05, 4.69) is 15.0 Å². The maximum Gasteiger partial charge on any atom is 0.242 e. The summed E-state index contributed by atoms with van der Waals surface area (Å²) in [6, 6.07) is 6.93. The number of ether oxygens (including phenoxy) is 2. The van der Waals surface area contributed by atoms with Gasteiger partial charge in [0.05, 0.1) is 30.0 Å². The van der Waals surface area contributed by atoms with E-state index in [-0.39, 0.29) is 10.8 Å². The molecule has 1 amide bonds. The van der Waals surface area contributed by atoms with Crippen LogP contribution >= 0.6 is 0 Å². The summed E-state index contributed by atoms with van der Waals surface area (Å²) < 4.78 is 39.6. The first kappa shape index (κ1) is 22.8. The highest BCUT2D eigenvalue weighted by molar-refractivity contribution is 7.89. The lowest BCUT2D eigenvalue weighted by Gasteiger charge is -2.22. The summed E-state index contributed by atoms with van der Waals surface area (Å²) in [5.74, 6) is 0.867. The predicted octanol–water partition coefficient (Wildman–Crippen LogP) is 2.25. The Kier molecular flexibility index (Phi) is 7.01. The normalized spacial score (nSPS) is 14.6. The van der Waals surface area contributed by atoms with Crippen LogP contribution in [-0.4, -0.2) is 52.7 Å². The van der Waals surface area contributed by atoms with Crippen LogP contribution in [0.4, 0.5) is 11.5 Å². The highest BCUT2D eigenvalue weighted by Crippen LogP contribution is 2.32. The number of sulfonamides is 1. The Hall–Kier alpha value is -2.85. The molecule has 3 rings (SSSR count). The molecule has 1 aliphatic rings. The van der Waals surface area contributed by atoms with Crippen molar-refractivity contribution < 1.29 is 22.7 Å². The van der Waals surface area contributed by atoms with Gasteiger partial charge in [-0.2, -0.15) is 4.72 Å². The SMILES string of the molecule is CC(C)C(NS(=O)(=O)c1ccc2c(c1)OCCCO2)C(=O)Nc1ccc(N(C)C)nc1. The number of anilines is 2. The topological polar surface area (TPSA) is 110 Å². The fourth-order valence-corrected chi connectivity index (χ4v) is 4.34. The number of hydrogen-bond donors (Lipinski definition) is 2. The minimum atomic E-state index is -3.97. The first-order valence-corrected chi connectivity index (χ1v) is 11.5. The smallest absolute Gasteiger partial charge is 0.242 e. The first-order valence-electron chi connectivity index (χ1n) is 10.0. The number of pyridine rings is 1. The van der Waals surface area contributed by atoms with E-state index in [0.717, 1.165) is 12.2 Å². The van der Waals surface area contributed by atoms with Crippen molar-refractivity contribution in [2.45, 2.75) is 31.2 Å². The second kappa shape index (κ2) is 9.52. The molecule has 1 aromatic carbocycles. The zero-order chi connectivity index (χ0) is 22.6. The van der Waals surface area contributed by atoms with Crippen LogP contribution in [-0.2, 0) is 14.8 Å². The van der Waals surface area contributed by atoms with Crippen molar-refractivity contribution in [2.24, 2.45) is 5.92 Å². The summed E-state index contributed by atoms with van der Waals surface area (Å²) in [5, 5.41) is 2.73. The van der Waals surface area contributed by atoms with Crippen LogP contribution in [0.3, 0.4) is 0 Å². The molecule has 10 heteroatoms. The fourth-order valence-electron chi connectivity index (χ4n) is 2.98. The van der Waals surface area contributed by atoms with E-state index in [9.17, 15) is 13.2 Å². The average molecular weight is 449 g/mol. The number of carbonyl (C=O) groups is 1. The minimum Gasteiger partial charge on any atom is -0.490 e. The van der Waals surface area contributed by atoms with E-state index in [1.54, 1.807) is 32.0 Å². The highest BCUT2D eigenvalue weighted by Gasteiger charge is 2.29. The molecule has 0 fully saturated rings. The summed E-state index contributed by atoms with van der Waals surface area (Å²) in [5.41, 5.74) is 0.482. The molecule has 0 saturated heterocycles. The van der Waals surface area contributed by atoms with Gasteiger partial charge in [-0.1, -0.05) is 13.8 Å². The third kappa shape index (κ3) is 5.65. The maximum absolute atomic E-state index is 13.0. The largest absolute Gasteiger partial charge is 0.490 e. The molecule has 1 atom stereocenters. The number of fused-ring (bicyclic) bond motifs is 1. The second-order valence-electron chi connectivity index (χ2n) is 7.79. The van der Waals surface area contributed by atoms with Gasteiger partial charge in [0.2, 0.25) is 15.9 Å². The number of amides is 1.